The van der Waals surface area contributed by atoms with Crippen LogP contribution in [0.1, 0.15) is 41.3 Å². The van der Waals surface area contributed by atoms with Crippen LogP contribution in [0.3, 0.4) is 0 Å². The number of carbonyl (C=O) groups excluding carboxylic acids is 2. The zero-order valence-electron chi connectivity index (χ0n) is 19.4. The van der Waals surface area contributed by atoms with Crippen LogP contribution in [0.4, 0.5) is 11.4 Å². The second kappa shape index (κ2) is 10.4. The van der Waals surface area contributed by atoms with Gasteiger partial charge in [-0.15, -0.1) is 0 Å². The monoisotopic (exact) mass is 498 g/mol. The predicted octanol–water partition coefficient (Wildman–Crippen LogP) is 5.68. The molecule has 0 heterocycles. The molecule has 178 valence electrons. The molecule has 3 aromatic carbocycles. The van der Waals surface area contributed by atoms with E-state index in [2.05, 4.69) is 10.6 Å². The zero-order chi connectivity index (χ0) is 25.0. The topological polar surface area (TPSA) is 92.3 Å². The molecule has 0 aromatic heterocycles. The number of hydrogen-bond acceptors (Lipinski definition) is 4. The first-order valence-electron chi connectivity index (χ1n) is 10.7. The Morgan fingerprint density at radius 2 is 1.59 bits per heavy atom. The number of carbonyl (C=O) groups is 2. The summed E-state index contributed by atoms with van der Waals surface area (Å²) in [5.41, 5.74) is 3.04. The van der Waals surface area contributed by atoms with E-state index in [-0.39, 0.29) is 28.2 Å². The summed E-state index contributed by atoms with van der Waals surface area (Å²) in [5.74, 6) is -0.832. The number of anilines is 2. The van der Waals surface area contributed by atoms with Crippen LogP contribution in [0.5, 0.6) is 0 Å². The van der Waals surface area contributed by atoms with Crippen molar-refractivity contribution < 1.29 is 18.0 Å². The molecule has 0 aliphatic heterocycles. The van der Waals surface area contributed by atoms with Gasteiger partial charge in [-0.2, -0.15) is 0 Å². The summed E-state index contributed by atoms with van der Waals surface area (Å²) in [5, 5.41) is 6.37. The van der Waals surface area contributed by atoms with E-state index >= 15 is 0 Å². The van der Waals surface area contributed by atoms with Gasteiger partial charge < -0.3 is 10.6 Å². The molecule has 3 rings (SSSR count). The van der Waals surface area contributed by atoms with Gasteiger partial charge in [0.25, 0.3) is 5.91 Å². The minimum Gasteiger partial charge on any atom is -0.326 e. The van der Waals surface area contributed by atoms with Gasteiger partial charge in [0.2, 0.25) is 5.91 Å². The minimum atomic E-state index is -3.42. The molecule has 2 N–H and O–H groups in total. The van der Waals surface area contributed by atoms with Crippen molar-refractivity contribution in [2.75, 3.05) is 16.9 Å². The van der Waals surface area contributed by atoms with Crippen molar-refractivity contribution in [3.05, 3.63) is 88.4 Å². The van der Waals surface area contributed by atoms with Crippen molar-refractivity contribution >= 4 is 44.6 Å². The van der Waals surface area contributed by atoms with Gasteiger partial charge in [-0.25, -0.2) is 8.42 Å². The SMILES string of the molecule is Cc1cc(NC(=O)C(c2ccc(Cl)cc2)C(C)C)ccc1NC(=O)c1cccc(S(C)(=O)=O)c1. The third-order valence-electron chi connectivity index (χ3n) is 5.44. The summed E-state index contributed by atoms with van der Waals surface area (Å²) >= 11 is 5.98. The minimum absolute atomic E-state index is 0.0727. The van der Waals surface area contributed by atoms with Crippen molar-refractivity contribution in [1.29, 1.82) is 0 Å². The highest BCUT2D eigenvalue weighted by Gasteiger charge is 2.24. The molecule has 1 atom stereocenters. The van der Waals surface area contributed by atoms with Gasteiger partial charge in [-0.1, -0.05) is 43.6 Å². The molecule has 1 unspecified atom stereocenters. The Morgan fingerprint density at radius 3 is 2.18 bits per heavy atom. The third-order valence-corrected chi connectivity index (χ3v) is 6.81. The number of benzene rings is 3. The Labute approximate surface area is 205 Å². The summed E-state index contributed by atoms with van der Waals surface area (Å²) < 4.78 is 23.5. The van der Waals surface area contributed by atoms with Crippen LogP contribution >= 0.6 is 11.6 Å². The van der Waals surface area contributed by atoms with Gasteiger partial charge in [0.1, 0.15) is 0 Å². The van der Waals surface area contributed by atoms with Crippen LogP contribution in [0.25, 0.3) is 0 Å². The van der Waals surface area contributed by atoms with E-state index in [4.69, 9.17) is 11.6 Å². The molecule has 0 saturated heterocycles. The third kappa shape index (κ3) is 6.24. The highest BCUT2D eigenvalue weighted by atomic mass is 35.5. The van der Waals surface area contributed by atoms with Crippen LogP contribution in [0, 0.1) is 12.8 Å². The average molecular weight is 499 g/mol. The summed E-state index contributed by atoms with van der Waals surface area (Å²) in [6.07, 6.45) is 1.10. The molecule has 0 spiro atoms. The van der Waals surface area contributed by atoms with Crippen LogP contribution in [0.2, 0.25) is 5.02 Å². The van der Waals surface area contributed by atoms with Crippen LogP contribution in [-0.2, 0) is 14.6 Å². The average Bonchev–Trinajstić information content (AvgIpc) is 2.76. The summed E-state index contributed by atoms with van der Waals surface area (Å²) in [7, 11) is -3.42. The molecule has 0 radical (unpaired) electrons. The Kier molecular flexibility index (Phi) is 7.79. The molecule has 0 aliphatic carbocycles. The van der Waals surface area contributed by atoms with Gasteiger partial charge in [0.15, 0.2) is 9.84 Å². The van der Waals surface area contributed by atoms with Crippen LogP contribution < -0.4 is 10.6 Å². The van der Waals surface area contributed by atoms with Crippen LogP contribution in [0.15, 0.2) is 71.6 Å². The first-order valence-corrected chi connectivity index (χ1v) is 13.0. The molecule has 0 aliphatic rings. The number of halogens is 1. The lowest BCUT2D eigenvalue weighted by atomic mass is 9.87. The van der Waals surface area contributed by atoms with E-state index in [0.717, 1.165) is 17.4 Å². The van der Waals surface area contributed by atoms with Crippen molar-refractivity contribution in [1.82, 2.24) is 0 Å². The molecule has 0 bridgehead atoms. The largest absolute Gasteiger partial charge is 0.326 e. The quantitative estimate of drug-likeness (QED) is 0.438. The lowest BCUT2D eigenvalue weighted by molar-refractivity contribution is -0.118. The molecule has 0 saturated carbocycles. The maximum Gasteiger partial charge on any atom is 0.255 e. The van der Waals surface area contributed by atoms with E-state index in [0.29, 0.717) is 16.4 Å². The number of rotatable bonds is 7. The molecular formula is C26H27ClN2O4S. The van der Waals surface area contributed by atoms with Crippen molar-refractivity contribution in [2.24, 2.45) is 5.92 Å². The maximum absolute atomic E-state index is 13.0. The molecule has 8 heteroatoms. The molecule has 0 fully saturated rings. The van der Waals surface area contributed by atoms with Gasteiger partial charge in [0, 0.05) is 28.2 Å². The highest BCUT2D eigenvalue weighted by Crippen LogP contribution is 2.28. The summed E-state index contributed by atoms with van der Waals surface area (Å²) in [6.45, 7) is 5.79. The van der Waals surface area contributed by atoms with Gasteiger partial charge in [-0.3, -0.25) is 9.59 Å². The van der Waals surface area contributed by atoms with Crippen molar-refractivity contribution in [2.45, 2.75) is 31.6 Å². The van der Waals surface area contributed by atoms with Gasteiger partial charge in [0.05, 0.1) is 10.8 Å². The summed E-state index contributed by atoms with van der Waals surface area (Å²) in [6, 6.07) is 18.3. The van der Waals surface area contributed by atoms with Crippen LogP contribution in [-0.4, -0.2) is 26.5 Å². The van der Waals surface area contributed by atoms with Gasteiger partial charge >= 0.3 is 0 Å². The fraction of sp³-hybridized carbons (Fsp3) is 0.231. The number of nitrogens with one attached hydrogen (secondary N) is 2. The lowest BCUT2D eigenvalue weighted by Crippen LogP contribution is -2.25. The number of aryl methyl sites for hydroxylation is 1. The maximum atomic E-state index is 13.0. The lowest BCUT2D eigenvalue weighted by Gasteiger charge is -2.21. The normalized spacial score (nSPS) is 12.3. The van der Waals surface area contributed by atoms with Gasteiger partial charge in [-0.05, 0) is 72.5 Å². The smallest absolute Gasteiger partial charge is 0.255 e. The molecule has 3 aromatic rings. The fourth-order valence-corrected chi connectivity index (χ4v) is 4.47. The standard InChI is InChI=1S/C26H27ClN2O4S/c1-16(2)24(18-8-10-20(27)11-9-18)26(31)28-21-12-13-23(17(3)14-21)29-25(30)19-6-5-7-22(15-19)34(4,32)33/h5-16,24H,1-4H3,(H,28,31)(H,29,30). The molecular weight excluding hydrogens is 472 g/mol. The van der Waals surface area contributed by atoms with E-state index in [1.165, 1.54) is 18.2 Å². The molecule has 34 heavy (non-hydrogen) atoms. The van der Waals surface area contributed by atoms with E-state index in [9.17, 15) is 18.0 Å². The molecule has 6 nitrogen and oxygen atoms in total. The zero-order valence-corrected chi connectivity index (χ0v) is 21.0. The molecule has 2 amide bonds. The number of sulfone groups is 1. The Hall–Kier alpha value is -3.16. The summed E-state index contributed by atoms with van der Waals surface area (Å²) in [4.78, 5) is 25.8. The van der Waals surface area contributed by atoms with Crippen molar-refractivity contribution in [3.63, 3.8) is 0 Å². The Morgan fingerprint density at radius 1 is 0.912 bits per heavy atom. The number of hydrogen-bond donors (Lipinski definition) is 2. The second-order valence-electron chi connectivity index (χ2n) is 8.55. The van der Waals surface area contributed by atoms with E-state index < -0.39 is 15.7 Å². The van der Waals surface area contributed by atoms with E-state index in [1.54, 1.807) is 36.4 Å². The fourth-order valence-electron chi connectivity index (χ4n) is 3.67. The predicted molar refractivity (Wildman–Crippen MR) is 136 cm³/mol. The number of amides is 2. The van der Waals surface area contributed by atoms with Crippen molar-refractivity contribution in [3.8, 4) is 0 Å². The Bertz CT molecular complexity index is 1320. The first kappa shape index (κ1) is 25.5. The Balaban J connectivity index is 1.75. The second-order valence-corrected chi connectivity index (χ2v) is 11.0. The van der Waals surface area contributed by atoms with E-state index in [1.807, 2.05) is 32.9 Å². The highest BCUT2D eigenvalue weighted by molar-refractivity contribution is 7.90. The first-order chi connectivity index (χ1) is 16.0.